The van der Waals surface area contributed by atoms with Crippen molar-refractivity contribution in [3.8, 4) is 0 Å². The standard InChI is InChI=1S/C15H17FN2/c1-10(2)11-5-7-12(8-6-11)14-17-9-13(18-14)15(3,4)16/h5-8H,1,9H2,2-4H3. The summed E-state index contributed by atoms with van der Waals surface area (Å²) < 4.78 is 13.7. The molecule has 0 spiro atoms. The lowest BCUT2D eigenvalue weighted by Crippen LogP contribution is -2.27. The van der Waals surface area contributed by atoms with Crippen LogP contribution in [-0.2, 0) is 0 Å². The summed E-state index contributed by atoms with van der Waals surface area (Å²) in [5, 5.41) is 0. The van der Waals surface area contributed by atoms with Gasteiger partial charge in [0.2, 0.25) is 0 Å². The highest BCUT2D eigenvalue weighted by Crippen LogP contribution is 2.19. The average molecular weight is 244 g/mol. The van der Waals surface area contributed by atoms with E-state index in [0.29, 0.717) is 18.1 Å². The van der Waals surface area contributed by atoms with Crippen LogP contribution in [0.1, 0.15) is 31.9 Å². The number of hydrogen-bond donors (Lipinski definition) is 0. The lowest BCUT2D eigenvalue weighted by atomic mass is 10.1. The number of hydrogen-bond acceptors (Lipinski definition) is 2. The Labute approximate surface area is 107 Å². The second-order valence-corrected chi connectivity index (χ2v) is 5.03. The van der Waals surface area contributed by atoms with Crippen LogP contribution < -0.4 is 0 Å². The van der Waals surface area contributed by atoms with Crippen LogP contribution in [0, 0.1) is 0 Å². The molecule has 2 rings (SSSR count). The molecule has 1 heterocycles. The van der Waals surface area contributed by atoms with E-state index < -0.39 is 5.67 Å². The van der Waals surface area contributed by atoms with Crippen LogP contribution in [0.5, 0.6) is 0 Å². The average Bonchev–Trinajstić information content (AvgIpc) is 2.78. The first-order valence-electron chi connectivity index (χ1n) is 5.95. The largest absolute Gasteiger partial charge is 0.260 e. The maximum Gasteiger partial charge on any atom is 0.155 e. The zero-order valence-electron chi connectivity index (χ0n) is 11.0. The molecule has 0 saturated heterocycles. The molecule has 94 valence electrons. The minimum absolute atomic E-state index is 0.348. The Morgan fingerprint density at radius 1 is 1.28 bits per heavy atom. The van der Waals surface area contributed by atoms with E-state index in [1.807, 2.05) is 31.2 Å². The third-order valence-electron chi connectivity index (χ3n) is 2.94. The van der Waals surface area contributed by atoms with E-state index >= 15 is 0 Å². The smallest absolute Gasteiger partial charge is 0.155 e. The van der Waals surface area contributed by atoms with Gasteiger partial charge in [-0.1, -0.05) is 36.4 Å². The Hall–Kier alpha value is -1.77. The molecule has 1 aliphatic rings. The van der Waals surface area contributed by atoms with Gasteiger partial charge in [-0.05, 0) is 26.3 Å². The van der Waals surface area contributed by atoms with Crippen LogP contribution in [0.2, 0.25) is 0 Å². The molecule has 0 atom stereocenters. The first-order chi connectivity index (χ1) is 8.38. The Morgan fingerprint density at radius 3 is 2.33 bits per heavy atom. The van der Waals surface area contributed by atoms with Crippen LogP contribution in [-0.4, -0.2) is 23.8 Å². The van der Waals surface area contributed by atoms with Crippen LogP contribution in [0.3, 0.4) is 0 Å². The maximum absolute atomic E-state index is 13.7. The van der Waals surface area contributed by atoms with Crippen LogP contribution in [0.25, 0.3) is 5.57 Å². The third kappa shape index (κ3) is 2.55. The first-order valence-corrected chi connectivity index (χ1v) is 5.95. The quantitative estimate of drug-likeness (QED) is 0.775. The van der Waals surface area contributed by atoms with E-state index in [-0.39, 0.29) is 0 Å². The number of rotatable bonds is 3. The fourth-order valence-electron chi connectivity index (χ4n) is 1.73. The second kappa shape index (κ2) is 4.48. The van der Waals surface area contributed by atoms with Crippen molar-refractivity contribution in [2.45, 2.75) is 26.4 Å². The number of alkyl halides is 1. The molecular weight excluding hydrogens is 227 g/mol. The van der Waals surface area contributed by atoms with Crippen molar-refractivity contribution in [3.05, 3.63) is 42.0 Å². The Balaban J connectivity index is 2.24. The molecule has 0 saturated carbocycles. The van der Waals surface area contributed by atoms with Gasteiger partial charge in [-0.25, -0.2) is 9.38 Å². The summed E-state index contributed by atoms with van der Waals surface area (Å²) in [4.78, 5) is 8.55. The maximum atomic E-state index is 13.7. The molecule has 18 heavy (non-hydrogen) atoms. The number of nitrogens with zero attached hydrogens (tertiary/aromatic N) is 2. The molecule has 0 N–H and O–H groups in total. The molecule has 3 heteroatoms. The number of halogens is 1. The predicted molar refractivity (Wildman–Crippen MR) is 75.2 cm³/mol. The van der Waals surface area contributed by atoms with Gasteiger partial charge < -0.3 is 0 Å². The van der Waals surface area contributed by atoms with Crippen molar-refractivity contribution in [3.63, 3.8) is 0 Å². The zero-order chi connectivity index (χ0) is 13.3. The molecule has 1 aromatic rings. The van der Waals surface area contributed by atoms with Gasteiger partial charge in [-0.15, -0.1) is 0 Å². The number of amidine groups is 1. The van der Waals surface area contributed by atoms with Gasteiger partial charge in [0.05, 0.1) is 12.3 Å². The van der Waals surface area contributed by atoms with Gasteiger partial charge in [-0.2, -0.15) is 0 Å². The van der Waals surface area contributed by atoms with Crippen LogP contribution in [0.15, 0.2) is 40.8 Å². The van der Waals surface area contributed by atoms with Gasteiger partial charge in [-0.3, -0.25) is 4.99 Å². The van der Waals surface area contributed by atoms with Crippen molar-refractivity contribution < 1.29 is 4.39 Å². The van der Waals surface area contributed by atoms with Crippen LogP contribution in [0.4, 0.5) is 4.39 Å². The molecule has 0 aliphatic carbocycles. The van der Waals surface area contributed by atoms with Gasteiger partial charge in [0.15, 0.2) is 5.84 Å². The summed E-state index contributed by atoms with van der Waals surface area (Å²) >= 11 is 0. The summed E-state index contributed by atoms with van der Waals surface area (Å²) in [6.45, 7) is 9.22. The predicted octanol–water partition coefficient (Wildman–Crippen LogP) is 3.67. The van der Waals surface area contributed by atoms with E-state index in [2.05, 4.69) is 16.6 Å². The first kappa shape index (κ1) is 12.7. The minimum atomic E-state index is -1.40. The van der Waals surface area contributed by atoms with Crippen molar-refractivity contribution in [1.82, 2.24) is 0 Å². The molecule has 0 unspecified atom stereocenters. The molecule has 1 aromatic carbocycles. The molecular formula is C15H17FN2. The van der Waals surface area contributed by atoms with Crippen molar-refractivity contribution in [2.24, 2.45) is 9.98 Å². The van der Waals surface area contributed by atoms with E-state index in [9.17, 15) is 4.39 Å². The number of benzene rings is 1. The molecule has 1 aliphatic heterocycles. The summed E-state index contributed by atoms with van der Waals surface area (Å²) in [5.74, 6) is 0.615. The number of aliphatic imine (C=N–C) groups is 2. The highest BCUT2D eigenvalue weighted by molar-refractivity contribution is 6.13. The highest BCUT2D eigenvalue weighted by atomic mass is 19.1. The summed E-state index contributed by atoms with van der Waals surface area (Å²) in [6.07, 6.45) is 0. The second-order valence-electron chi connectivity index (χ2n) is 5.03. The lowest BCUT2D eigenvalue weighted by molar-refractivity contribution is 0.312. The fraction of sp³-hybridized carbons (Fsp3) is 0.333. The lowest BCUT2D eigenvalue weighted by Gasteiger charge is -2.12. The molecule has 0 fully saturated rings. The van der Waals surface area contributed by atoms with E-state index in [0.717, 1.165) is 16.7 Å². The topological polar surface area (TPSA) is 24.7 Å². The third-order valence-corrected chi connectivity index (χ3v) is 2.94. The zero-order valence-corrected chi connectivity index (χ0v) is 11.0. The van der Waals surface area contributed by atoms with Crippen molar-refractivity contribution in [2.75, 3.05) is 6.54 Å². The minimum Gasteiger partial charge on any atom is -0.260 e. The van der Waals surface area contributed by atoms with E-state index in [1.54, 1.807) is 0 Å². The van der Waals surface area contributed by atoms with Crippen molar-refractivity contribution in [1.29, 1.82) is 0 Å². The summed E-state index contributed by atoms with van der Waals surface area (Å²) in [7, 11) is 0. The van der Waals surface area contributed by atoms with E-state index in [4.69, 9.17) is 0 Å². The summed E-state index contributed by atoms with van der Waals surface area (Å²) in [5.41, 5.74) is 2.11. The van der Waals surface area contributed by atoms with Gasteiger partial charge in [0, 0.05) is 5.56 Å². The highest BCUT2D eigenvalue weighted by Gasteiger charge is 2.27. The molecule has 0 radical (unpaired) electrons. The normalized spacial score (nSPS) is 15.3. The molecule has 0 amide bonds. The van der Waals surface area contributed by atoms with E-state index in [1.165, 1.54) is 13.8 Å². The van der Waals surface area contributed by atoms with Crippen molar-refractivity contribution >= 4 is 17.1 Å². The van der Waals surface area contributed by atoms with Gasteiger partial charge in [0.1, 0.15) is 5.67 Å². The molecule has 2 nitrogen and oxygen atoms in total. The Bertz CT molecular complexity index is 531. The Kier molecular flexibility index (Phi) is 3.16. The fourth-order valence-corrected chi connectivity index (χ4v) is 1.73. The monoisotopic (exact) mass is 244 g/mol. The SMILES string of the molecule is C=C(C)c1ccc(C2=NCC(C(C)(C)F)=N2)cc1. The Morgan fingerprint density at radius 2 is 1.89 bits per heavy atom. The number of allylic oxidation sites excluding steroid dienone is 1. The molecule has 0 aromatic heterocycles. The van der Waals surface area contributed by atoms with Gasteiger partial charge in [0.25, 0.3) is 0 Å². The molecule has 0 bridgehead atoms. The summed E-state index contributed by atoms with van der Waals surface area (Å²) in [6, 6.07) is 7.85. The van der Waals surface area contributed by atoms with Gasteiger partial charge >= 0.3 is 0 Å². The van der Waals surface area contributed by atoms with Crippen LogP contribution >= 0.6 is 0 Å².